The van der Waals surface area contributed by atoms with Gasteiger partial charge in [0.2, 0.25) is 0 Å². The first-order valence-electron chi connectivity index (χ1n) is 6.62. The van der Waals surface area contributed by atoms with Crippen molar-refractivity contribution in [2.24, 2.45) is 0 Å². The third kappa shape index (κ3) is 7.06. The molecule has 0 aliphatic heterocycles. The summed E-state index contributed by atoms with van der Waals surface area (Å²) in [6, 6.07) is 7.15. The first kappa shape index (κ1) is 17.2. The van der Waals surface area contributed by atoms with Crippen molar-refractivity contribution in [3.63, 3.8) is 0 Å². The van der Waals surface area contributed by atoms with Gasteiger partial charge in [-0.15, -0.1) is 6.42 Å². The summed E-state index contributed by atoms with van der Waals surface area (Å²) in [6.07, 6.45) is 7.99. The van der Waals surface area contributed by atoms with Crippen molar-refractivity contribution in [2.75, 3.05) is 6.61 Å². The number of carbonyl (C=O) groups is 3. The molecule has 0 aromatic heterocycles. The van der Waals surface area contributed by atoms with Crippen LogP contribution in [0.15, 0.2) is 30.3 Å². The molecule has 0 saturated carbocycles. The van der Waals surface area contributed by atoms with Crippen molar-refractivity contribution in [1.29, 1.82) is 0 Å². The van der Waals surface area contributed by atoms with E-state index in [1.807, 2.05) is 0 Å². The summed E-state index contributed by atoms with van der Waals surface area (Å²) in [5, 5.41) is 8.60. The predicted molar refractivity (Wildman–Crippen MR) is 80.8 cm³/mol. The molecule has 0 heterocycles. The van der Waals surface area contributed by atoms with Crippen LogP contribution in [-0.2, 0) is 25.5 Å². The minimum Gasteiger partial charge on any atom is -0.481 e. The molecular formula is C17H16O5. The van der Waals surface area contributed by atoms with Crippen molar-refractivity contribution >= 4 is 23.8 Å². The van der Waals surface area contributed by atoms with Crippen molar-refractivity contribution in [3.8, 4) is 12.3 Å². The molecule has 0 fully saturated rings. The molecule has 1 rings (SSSR count). The molecule has 0 spiro atoms. The zero-order chi connectivity index (χ0) is 16.4. The second kappa shape index (κ2) is 9.14. The number of hydrogen-bond acceptors (Lipinski definition) is 4. The van der Waals surface area contributed by atoms with Gasteiger partial charge in [-0.2, -0.15) is 0 Å². The minimum atomic E-state index is -0.841. The highest BCUT2D eigenvalue weighted by Gasteiger charge is 2.07. The Morgan fingerprint density at radius 2 is 1.91 bits per heavy atom. The van der Waals surface area contributed by atoms with Gasteiger partial charge in [0.1, 0.15) is 6.42 Å². The van der Waals surface area contributed by atoms with Crippen LogP contribution in [0.2, 0.25) is 0 Å². The minimum absolute atomic E-state index is 0.0768. The van der Waals surface area contributed by atoms with E-state index in [1.165, 1.54) is 6.08 Å². The Morgan fingerprint density at radius 3 is 2.50 bits per heavy atom. The highest BCUT2D eigenvalue weighted by molar-refractivity contribution is 6.03. The number of hydrogen-bond donors (Lipinski definition) is 1. The number of benzene rings is 1. The molecule has 0 unspecified atom stereocenters. The van der Waals surface area contributed by atoms with E-state index in [0.717, 1.165) is 11.1 Å². The SMILES string of the molecule is C#CCOC(=O)CC(=O)C=Cc1ccc(CCC(=O)O)cc1. The van der Waals surface area contributed by atoms with E-state index < -0.39 is 11.9 Å². The zero-order valence-corrected chi connectivity index (χ0v) is 12.0. The number of ether oxygens (including phenoxy) is 1. The van der Waals surface area contributed by atoms with Gasteiger partial charge in [-0.25, -0.2) is 0 Å². The number of rotatable bonds is 8. The summed E-state index contributed by atoms with van der Waals surface area (Å²) < 4.78 is 4.60. The maximum atomic E-state index is 11.5. The molecule has 0 aliphatic carbocycles. The number of allylic oxidation sites excluding steroid dienone is 1. The Bertz CT molecular complexity index is 605. The van der Waals surface area contributed by atoms with E-state index in [0.29, 0.717) is 6.42 Å². The highest BCUT2D eigenvalue weighted by atomic mass is 16.5. The number of esters is 1. The third-order valence-corrected chi connectivity index (χ3v) is 2.70. The van der Waals surface area contributed by atoms with Crippen LogP contribution in [-0.4, -0.2) is 29.4 Å². The molecular weight excluding hydrogens is 284 g/mol. The maximum Gasteiger partial charge on any atom is 0.314 e. The Balaban J connectivity index is 2.48. The van der Waals surface area contributed by atoms with E-state index in [2.05, 4.69) is 10.7 Å². The summed E-state index contributed by atoms with van der Waals surface area (Å²) in [5.41, 5.74) is 1.69. The highest BCUT2D eigenvalue weighted by Crippen LogP contribution is 2.08. The number of carboxylic acids is 1. The fraction of sp³-hybridized carbons (Fsp3) is 0.235. The fourth-order valence-corrected chi connectivity index (χ4v) is 1.61. The van der Waals surface area contributed by atoms with E-state index >= 15 is 0 Å². The molecule has 0 atom stereocenters. The fourth-order valence-electron chi connectivity index (χ4n) is 1.61. The van der Waals surface area contributed by atoms with Crippen LogP contribution in [0.3, 0.4) is 0 Å². The molecule has 1 N–H and O–H groups in total. The van der Waals surface area contributed by atoms with Gasteiger partial charge >= 0.3 is 11.9 Å². The summed E-state index contributed by atoms with van der Waals surface area (Å²) in [4.78, 5) is 33.2. The van der Waals surface area contributed by atoms with E-state index in [4.69, 9.17) is 11.5 Å². The molecule has 0 aliphatic rings. The lowest BCUT2D eigenvalue weighted by Gasteiger charge is -2.00. The first-order valence-corrected chi connectivity index (χ1v) is 6.62. The monoisotopic (exact) mass is 300 g/mol. The molecule has 5 nitrogen and oxygen atoms in total. The lowest BCUT2D eigenvalue weighted by Crippen LogP contribution is -2.09. The second-order valence-electron chi connectivity index (χ2n) is 4.48. The summed E-state index contributed by atoms with van der Waals surface area (Å²) in [6.45, 7) is -0.145. The Morgan fingerprint density at radius 1 is 1.23 bits per heavy atom. The number of aliphatic carboxylic acids is 1. The molecule has 0 amide bonds. The zero-order valence-electron chi connectivity index (χ0n) is 12.0. The molecule has 0 bridgehead atoms. The number of ketones is 1. The molecule has 0 radical (unpaired) electrons. The van der Waals surface area contributed by atoms with E-state index in [9.17, 15) is 14.4 Å². The van der Waals surface area contributed by atoms with Gasteiger partial charge in [0, 0.05) is 6.42 Å². The average Bonchev–Trinajstić information content (AvgIpc) is 2.49. The standard InChI is InChI=1S/C17H16O5/c1-2-11-22-17(21)12-15(18)9-7-13-3-5-14(6-4-13)8-10-16(19)20/h1,3-7,9H,8,10-12H2,(H,19,20). The third-order valence-electron chi connectivity index (χ3n) is 2.70. The molecule has 22 heavy (non-hydrogen) atoms. The Hall–Kier alpha value is -2.87. The topological polar surface area (TPSA) is 80.7 Å². The van der Waals surface area contributed by atoms with Crippen LogP contribution < -0.4 is 0 Å². The molecule has 0 saturated heterocycles. The van der Waals surface area contributed by atoms with E-state index in [1.54, 1.807) is 30.3 Å². The normalized spacial score (nSPS) is 10.1. The largest absolute Gasteiger partial charge is 0.481 e. The van der Waals surface area contributed by atoms with Crippen molar-refractivity contribution in [2.45, 2.75) is 19.3 Å². The van der Waals surface area contributed by atoms with Gasteiger partial charge < -0.3 is 9.84 Å². The predicted octanol–water partition coefficient (Wildman–Crippen LogP) is 1.85. The van der Waals surface area contributed by atoms with Crippen LogP contribution in [0.5, 0.6) is 0 Å². The number of aryl methyl sites for hydroxylation is 1. The van der Waals surface area contributed by atoms with Crippen molar-refractivity contribution in [3.05, 3.63) is 41.5 Å². The quantitative estimate of drug-likeness (QED) is 0.343. The van der Waals surface area contributed by atoms with Crippen LogP contribution in [0.1, 0.15) is 24.0 Å². The van der Waals surface area contributed by atoms with Crippen LogP contribution in [0.4, 0.5) is 0 Å². The smallest absolute Gasteiger partial charge is 0.314 e. The Labute approximate surface area is 128 Å². The van der Waals surface area contributed by atoms with Gasteiger partial charge in [-0.1, -0.05) is 36.3 Å². The number of carboxylic acid groups (broad SMARTS) is 1. The Kier molecular flexibility index (Phi) is 7.14. The molecule has 1 aromatic carbocycles. The second-order valence-corrected chi connectivity index (χ2v) is 4.48. The summed E-state index contributed by atoms with van der Waals surface area (Å²) in [7, 11) is 0. The van der Waals surface area contributed by atoms with Gasteiger partial charge in [-0.05, 0) is 23.6 Å². The summed E-state index contributed by atoms with van der Waals surface area (Å²) >= 11 is 0. The van der Waals surface area contributed by atoms with Crippen molar-refractivity contribution in [1.82, 2.24) is 0 Å². The number of terminal acetylenes is 1. The molecule has 1 aromatic rings. The lowest BCUT2D eigenvalue weighted by atomic mass is 10.1. The van der Waals surface area contributed by atoms with Gasteiger partial charge in [0.15, 0.2) is 12.4 Å². The van der Waals surface area contributed by atoms with E-state index in [-0.39, 0.29) is 25.2 Å². The molecule has 114 valence electrons. The number of carbonyl (C=O) groups excluding carboxylic acids is 2. The van der Waals surface area contributed by atoms with Crippen molar-refractivity contribution < 1.29 is 24.2 Å². The average molecular weight is 300 g/mol. The first-order chi connectivity index (χ1) is 10.5. The van der Waals surface area contributed by atoms with Gasteiger partial charge in [0.25, 0.3) is 0 Å². The van der Waals surface area contributed by atoms with Crippen LogP contribution in [0.25, 0.3) is 6.08 Å². The van der Waals surface area contributed by atoms with Gasteiger partial charge in [-0.3, -0.25) is 14.4 Å². The van der Waals surface area contributed by atoms with Crippen LogP contribution >= 0.6 is 0 Å². The maximum absolute atomic E-state index is 11.5. The summed E-state index contributed by atoms with van der Waals surface area (Å²) in [5.74, 6) is 0.268. The van der Waals surface area contributed by atoms with Gasteiger partial charge in [0.05, 0.1) is 0 Å². The van der Waals surface area contributed by atoms with Crippen LogP contribution in [0, 0.1) is 12.3 Å². The lowest BCUT2D eigenvalue weighted by molar-refractivity contribution is -0.144. The molecule has 5 heteroatoms.